The zero-order valence-corrected chi connectivity index (χ0v) is 23.7. The van der Waals surface area contributed by atoms with Gasteiger partial charge in [0.25, 0.3) is 5.91 Å². The minimum absolute atomic E-state index is 0. The van der Waals surface area contributed by atoms with Crippen molar-refractivity contribution in [3.05, 3.63) is 63.9 Å². The Labute approximate surface area is 233 Å². The minimum Gasteiger partial charge on any atom is -0.382 e. The maximum absolute atomic E-state index is 13.2. The van der Waals surface area contributed by atoms with Crippen LogP contribution in [-0.4, -0.2) is 47.7 Å². The number of carbonyl (C=O) groups is 1. The number of carbonyl (C=O) groups excluding carboxylic acids is 1. The Morgan fingerprint density at radius 2 is 1.76 bits per heavy atom. The van der Waals surface area contributed by atoms with Crippen LogP contribution in [0.1, 0.15) is 48.8 Å². The number of halogens is 3. The largest absolute Gasteiger partial charge is 0.382 e. The van der Waals surface area contributed by atoms with E-state index in [9.17, 15) is 13.2 Å². The van der Waals surface area contributed by atoms with Gasteiger partial charge in [0.1, 0.15) is 11.6 Å². The van der Waals surface area contributed by atoms with Crippen molar-refractivity contribution in [3.63, 3.8) is 0 Å². The highest BCUT2D eigenvalue weighted by molar-refractivity contribution is 7.87. The van der Waals surface area contributed by atoms with Crippen LogP contribution in [0.5, 0.6) is 5.75 Å². The van der Waals surface area contributed by atoms with Gasteiger partial charge in [-0.25, -0.2) is 9.99 Å². The number of hydrogen-bond donors (Lipinski definition) is 1. The Bertz CT molecular complexity index is 1360. The van der Waals surface area contributed by atoms with Crippen LogP contribution in [0.3, 0.4) is 0 Å². The molecule has 0 spiro atoms. The Balaban J connectivity index is 0.00000380. The van der Waals surface area contributed by atoms with E-state index >= 15 is 0 Å². The third-order valence-corrected chi connectivity index (χ3v) is 7.79. The van der Waals surface area contributed by atoms with E-state index in [4.69, 9.17) is 27.4 Å². The van der Waals surface area contributed by atoms with Gasteiger partial charge >= 0.3 is 10.1 Å². The first kappa shape index (κ1) is 29.3. The van der Waals surface area contributed by atoms with Crippen molar-refractivity contribution in [3.8, 4) is 22.8 Å². The molecule has 1 aliphatic rings. The molecule has 2 aromatic carbocycles. The van der Waals surface area contributed by atoms with Crippen molar-refractivity contribution in [2.24, 2.45) is 0 Å². The molecule has 0 atom stereocenters. The number of hydrogen-bond acceptors (Lipinski definition) is 6. The van der Waals surface area contributed by atoms with E-state index in [2.05, 4.69) is 10.4 Å². The summed E-state index contributed by atoms with van der Waals surface area (Å²) in [6, 6.07) is 11.7. The second-order valence-corrected chi connectivity index (χ2v) is 11.2. The molecule has 37 heavy (non-hydrogen) atoms. The van der Waals surface area contributed by atoms with Crippen LogP contribution >= 0.6 is 35.6 Å². The zero-order chi connectivity index (χ0) is 25.9. The summed E-state index contributed by atoms with van der Waals surface area (Å²) >= 11 is 12.6. The third-order valence-electron chi connectivity index (χ3n) is 5.88. The van der Waals surface area contributed by atoms with Gasteiger partial charge in [0.2, 0.25) is 0 Å². The number of amides is 1. The lowest BCUT2D eigenvalue weighted by molar-refractivity contribution is 0.0744. The predicted octanol–water partition coefficient (Wildman–Crippen LogP) is 5.83. The maximum atomic E-state index is 13.2. The molecule has 0 saturated carbocycles. The highest BCUT2D eigenvalue weighted by atomic mass is 35.5. The lowest BCUT2D eigenvalue weighted by Crippen LogP contribution is -2.45. The van der Waals surface area contributed by atoms with Gasteiger partial charge in [-0.1, -0.05) is 36.5 Å². The molecule has 1 aliphatic heterocycles. The van der Waals surface area contributed by atoms with Crippen molar-refractivity contribution < 1.29 is 17.4 Å². The Kier molecular flexibility index (Phi) is 9.88. The van der Waals surface area contributed by atoms with Crippen molar-refractivity contribution in [2.45, 2.75) is 39.5 Å². The first-order chi connectivity index (χ1) is 17.2. The molecule has 1 saturated heterocycles. The Hall–Kier alpha value is -2.30. The number of aromatic nitrogens is 2. The van der Waals surface area contributed by atoms with Crippen LogP contribution in [0.15, 0.2) is 42.5 Å². The second-order valence-electron chi connectivity index (χ2n) is 8.66. The van der Waals surface area contributed by atoms with Gasteiger partial charge in [0, 0.05) is 29.4 Å². The number of imidazole rings is 1. The van der Waals surface area contributed by atoms with E-state index in [1.807, 2.05) is 16.5 Å². The molecule has 8 nitrogen and oxygen atoms in total. The number of rotatable bonds is 8. The van der Waals surface area contributed by atoms with Gasteiger partial charge in [-0.15, -0.1) is 12.4 Å². The van der Waals surface area contributed by atoms with Crippen LogP contribution in [0.25, 0.3) is 17.1 Å². The van der Waals surface area contributed by atoms with Gasteiger partial charge in [0.05, 0.1) is 16.5 Å². The fourth-order valence-electron chi connectivity index (χ4n) is 4.18. The average molecular weight is 588 g/mol. The quantitative estimate of drug-likeness (QED) is 0.334. The van der Waals surface area contributed by atoms with Gasteiger partial charge in [-0.3, -0.25) is 14.8 Å². The van der Waals surface area contributed by atoms with Crippen LogP contribution in [0.2, 0.25) is 10.0 Å². The van der Waals surface area contributed by atoms with Gasteiger partial charge < -0.3 is 4.18 Å². The van der Waals surface area contributed by atoms with E-state index in [0.29, 0.717) is 39.2 Å². The molecular weight excluding hydrogens is 559 g/mol. The Morgan fingerprint density at radius 1 is 1.08 bits per heavy atom. The van der Waals surface area contributed by atoms with Crippen LogP contribution in [-0.2, 0) is 10.1 Å². The summed E-state index contributed by atoms with van der Waals surface area (Å²) < 4.78 is 31.1. The first-order valence-corrected chi connectivity index (χ1v) is 14.1. The van der Waals surface area contributed by atoms with E-state index in [-0.39, 0.29) is 35.5 Å². The molecule has 0 aliphatic carbocycles. The Morgan fingerprint density at radius 3 is 2.38 bits per heavy atom. The molecule has 4 rings (SSSR count). The molecular formula is C25H29Cl3N4O4S. The summed E-state index contributed by atoms with van der Waals surface area (Å²) in [6.07, 6.45) is 3.67. The van der Waals surface area contributed by atoms with E-state index in [1.54, 1.807) is 49.4 Å². The second kappa shape index (κ2) is 12.5. The molecule has 1 aromatic heterocycles. The minimum atomic E-state index is -3.66. The molecule has 2 heterocycles. The van der Waals surface area contributed by atoms with E-state index in [1.165, 1.54) is 0 Å². The first-order valence-electron chi connectivity index (χ1n) is 11.8. The highest BCUT2D eigenvalue weighted by Gasteiger charge is 2.25. The van der Waals surface area contributed by atoms with Crippen LogP contribution in [0, 0.1) is 6.92 Å². The van der Waals surface area contributed by atoms with Crippen molar-refractivity contribution in [2.75, 3.05) is 18.8 Å². The lowest BCUT2D eigenvalue weighted by Gasteiger charge is -2.26. The maximum Gasteiger partial charge on any atom is 0.309 e. The number of nitrogens with one attached hydrogen (secondary N) is 1. The van der Waals surface area contributed by atoms with Crippen molar-refractivity contribution in [1.82, 2.24) is 20.0 Å². The third kappa shape index (κ3) is 6.97. The summed E-state index contributed by atoms with van der Waals surface area (Å²) in [7, 11) is -3.66. The van der Waals surface area contributed by atoms with Crippen LogP contribution in [0.4, 0.5) is 0 Å². The van der Waals surface area contributed by atoms with E-state index < -0.39 is 10.1 Å². The number of hydrazine groups is 1. The molecule has 200 valence electrons. The predicted molar refractivity (Wildman–Crippen MR) is 149 cm³/mol. The molecule has 12 heteroatoms. The zero-order valence-electron chi connectivity index (χ0n) is 20.5. The number of nitrogens with zero attached hydrogens (tertiary/aromatic N) is 3. The fraction of sp³-hybridized carbons (Fsp3) is 0.360. The summed E-state index contributed by atoms with van der Waals surface area (Å²) in [5, 5.41) is 2.79. The smallest absolute Gasteiger partial charge is 0.309 e. The van der Waals surface area contributed by atoms with E-state index in [0.717, 1.165) is 32.4 Å². The molecule has 0 bridgehead atoms. The molecule has 0 unspecified atom stereocenters. The normalized spacial score (nSPS) is 14.2. The lowest BCUT2D eigenvalue weighted by atomic mass is 10.2. The van der Waals surface area contributed by atoms with Gasteiger partial charge in [-0.2, -0.15) is 8.42 Å². The topological polar surface area (TPSA) is 93.5 Å². The summed E-state index contributed by atoms with van der Waals surface area (Å²) in [4.78, 5) is 17.9. The summed E-state index contributed by atoms with van der Waals surface area (Å²) in [5.41, 5.74) is 5.12. The molecule has 0 radical (unpaired) electrons. The highest BCUT2D eigenvalue weighted by Crippen LogP contribution is 2.33. The average Bonchev–Trinajstić information content (AvgIpc) is 3.17. The number of benzene rings is 2. The van der Waals surface area contributed by atoms with Crippen LogP contribution < -0.4 is 9.61 Å². The standard InChI is InChI=1S/C25H28Cl2N4O4S.ClH/c1-3-15-36(33,34)35-20-10-8-19(9-11-20)31-17(2)23(25(32)29-30-13-5-4-6-14-30)28-24(31)21-12-7-18(26)16-22(21)27;/h7-12,16H,3-6,13-15H2,1-2H3,(H,29,32);1H. The van der Waals surface area contributed by atoms with Gasteiger partial charge in [-0.05, 0) is 68.7 Å². The monoisotopic (exact) mass is 586 g/mol. The van der Waals surface area contributed by atoms with Gasteiger partial charge in [0.15, 0.2) is 5.69 Å². The summed E-state index contributed by atoms with van der Waals surface area (Å²) in [5.74, 6) is 0.304. The molecule has 1 amide bonds. The molecule has 1 fully saturated rings. The number of piperidine rings is 1. The van der Waals surface area contributed by atoms with Crippen molar-refractivity contribution >= 4 is 51.6 Å². The molecule has 1 N–H and O–H groups in total. The fourth-order valence-corrected chi connectivity index (χ4v) is 5.66. The van der Waals surface area contributed by atoms with Crippen molar-refractivity contribution in [1.29, 1.82) is 0 Å². The summed E-state index contributed by atoms with van der Waals surface area (Å²) in [6.45, 7) is 5.17. The SMILES string of the molecule is CCCS(=O)(=O)Oc1ccc(-n2c(-c3ccc(Cl)cc3Cl)nc(C(=O)NN3CCCCC3)c2C)cc1.Cl. The molecule has 3 aromatic rings.